The van der Waals surface area contributed by atoms with Crippen molar-refractivity contribution in [3.8, 4) is 0 Å². The van der Waals surface area contributed by atoms with Crippen molar-refractivity contribution >= 4 is 5.91 Å². The van der Waals surface area contributed by atoms with Gasteiger partial charge in [-0.2, -0.15) is 0 Å². The number of likely N-dealkylation sites (tertiary alicyclic amines) is 1. The SMILES string of the molecule is NCC1CCCC1C(=O)N1CCC2CCCCC21. The molecule has 0 radical (unpaired) electrons. The second-order valence-electron chi connectivity index (χ2n) is 6.47. The summed E-state index contributed by atoms with van der Waals surface area (Å²) in [4.78, 5) is 15.0. The van der Waals surface area contributed by atoms with Crippen molar-refractivity contribution in [1.29, 1.82) is 0 Å². The van der Waals surface area contributed by atoms with Crippen LogP contribution in [0.4, 0.5) is 0 Å². The van der Waals surface area contributed by atoms with Crippen molar-refractivity contribution in [2.24, 2.45) is 23.5 Å². The van der Waals surface area contributed by atoms with Gasteiger partial charge in [0, 0.05) is 18.5 Å². The molecule has 0 spiro atoms. The summed E-state index contributed by atoms with van der Waals surface area (Å²) >= 11 is 0. The van der Waals surface area contributed by atoms with Crippen molar-refractivity contribution in [1.82, 2.24) is 4.90 Å². The first kappa shape index (κ1) is 12.5. The highest BCUT2D eigenvalue weighted by Gasteiger charge is 2.42. The first-order chi connectivity index (χ1) is 8.81. The minimum atomic E-state index is 0.246. The van der Waals surface area contributed by atoms with Gasteiger partial charge in [0.05, 0.1) is 0 Å². The van der Waals surface area contributed by atoms with Gasteiger partial charge in [-0.3, -0.25) is 4.79 Å². The Labute approximate surface area is 110 Å². The molecule has 1 saturated heterocycles. The van der Waals surface area contributed by atoms with E-state index >= 15 is 0 Å². The standard InChI is InChI=1S/C15H26N2O/c16-10-12-5-3-6-13(12)15(18)17-9-8-11-4-1-2-7-14(11)17/h11-14H,1-10,16H2. The zero-order valence-corrected chi connectivity index (χ0v) is 11.3. The molecular formula is C15H26N2O. The Morgan fingerprint density at radius 2 is 1.89 bits per heavy atom. The Morgan fingerprint density at radius 1 is 1.06 bits per heavy atom. The lowest BCUT2D eigenvalue weighted by atomic mass is 9.84. The fourth-order valence-electron chi connectivity index (χ4n) is 4.54. The maximum absolute atomic E-state index is 12.7. The molecule has 2 saturated carbocycles. The average Bonchev–Trinajstić information content (AvgIpc) is 3.04. The van der Waals surface area contributed by atoms with Gasteiger partial charge < -0.3 is 10.6 Å². The highest BCUT2D eigenvalue weighted by Crippen LogP contribution is 2.39. The molecule has 3 aliphatic rings. The predicted octanol–water partition coefficient (Wildman–Crippen LogP) is 2.15. The summed E-state index contributed by atoms with van der Waals surface area (Å²) in [6.45, 7) is 1.71. The Balaban J connectivity index is 1.68. The zero-order chi connectivity index (χ0) is 12.5. The molecule has 0 aromatic carbocycles. The summed E-state index contributed by atoms with van der Waals surface area (Å²) in [6.07, 6.45) is 9.96. The molecule has 3 fully saturated rings. The summed E-state index contributed by atoms with van der Waals surface area (Å²) in [6, 6.07) is 0.574. The summed E-state index contributed by atoms with van der Waals surface area (Å²) in [5.41, 5.74) is 5.82. The van der Waals surface area contributed by atoms with Gasteiger partial charge in [-0.1, -0.05) is 19.3 Å². The summed E-state index contributed by atoms with van der Waals surface area (Å²) < 4.78 is 0. The van der Waals surface area contributed by atoms with Crippen LogP contribution in [0.1, 0.15) is 51.4 Å². The Bertz CT molecular complexity index is 318. The maximum Gasteiger partial charge on any atom is 0.226 e. The van der Waals surface area contributed by atoms with Crippen LogP contribution in [0.5, 0.6) is 0 Å². The van der Waals surface area contributed by atoms with Gasteiger partial charge in [-0.25, -0.2) is 0 Å². The summed E-state index contributed by atoms with van der Waals surface area (Å²) in [5.74, 6) is 1.95. The van der Waals surface area contributed by atoms with Crippen LogP contribution in [0.3, 0.4) is 0 Å². The zero-order valence-electron chi connectivity index (χ0n) is 11.3. The summed E-state index contributed by atoms with van der Waals surface area (Å²) in [5, 5.41) is 0. The van der Waals surface area contributed by atoms with Crippen molar-refractivity contribution in [2.75, 3.05) is 13.1 Å². The second-order valence-corrected chi connectivity index (χ2v) is 6.47. The van der Waals surface area contributed by atoms with E-state index in [1.165, 1.54) is 38.5 Å². The van der Waals surface area contributed by atoms with Crippen molar-refractivity contribution in [3.63, 3.8) is 0 Å². The van der Waals surface area contributed by atoms with Gasteiger partial charge in [0.2, 0.25) is 5.91 Å². The van der Waals surface area contributed by atoms with Gasteiger partial charge in [0.25, 0.3) is 0 Å². The number of nitrogens with two attached hydrogens (primary N) is 1. The van der Waals surface area contributed by atoms with Gasteiger partial charge in [0.15, 0.2) is 0 Å². The lowest BCUT2D eigenvalue weighted by Gasteiger charge is -2.34. The number of fused-ring (bicyclic) bond motifs is 1. The smallest absolute Gasteiger partial charge is 0.226 e. The van der Waals surface area contributed by atoms with E-state index in [0.29, 0.717) is 24.4 Å². The highest BCUT2D eigenvalue weighted by atomic mass is 16.2. The molecule has 3 rings (SSSR count). The van der Waals surface area contributed by atoms with E-state index in [1.807, 2.05) is 0 Å². The third-order valence-corrected chi connectivity index (χ3v) is 5.57. The minimum absolute atomic E-state index is 0.246. The number of nitrogens with zero attached hydrogens (tertiary/aromatic N) is 1. The lowest BCUT2D eigenvalue weighted by molar-refractivity contribution is -0.138. The quantitative estimate of drug-likeness (QED) is 0.816. The van der Waals surface area contributed by atoms with Crippen LogP contribution < -0.4 is 5.73 Å². The highest BCUT2D eigenvalue weighted by molar-refractivity contribution is 5.80. The monoisotopic (exact) mass is 250 g/mol. The van der Waals surface area contributed by atoms with E-state index in [1.54, 1.807) is 0 Å². The largest absolute Gasteiger partial charge is 0.339 e. The molecule has 3 heteroatoms. The van der Waals surface area contributed by atoms with Crippen LogP contribution >= 0.6 is 0 Å². The third-order valence-electron chi connectivity index (χ3n) is 5.57. The molecule has 18 heavy (non-hydrogen) atoms. The fraction of sp³-hybridized carbons (Fsp3) is 0.933. The maximum atomic E-state index is 12.7. The number of hydrogen-bond acceptors (Lipinski definition) is 2. The molecule has 4 atom stereocenters. The van der Waals surface area contributed by atoms with E-state index < -0.39 is 0 Å². The van der Waals surface area contributed by atoms with Gasteiger partial charge >= 0.3 is 0 Å². The molecular weight excluding hydrogens is 224 g/mol. The Morgan fingerprint density at radius 3 is 2.72 bits per heavy atom. The van der Waals surface area contributed by atoms with Crippen LogP contribution in [0.15, 0.2) is 0 Å². The van der Waals surface area contributed by atoms with E-state index in [4.69, 9.17) is 5.73 Å². The molecule has 0 aromatic rings. The normalized spacial score (nSPS) is 39.9. The van der Waals surface area contributed by atoms with E-state index in [-0.39, 0.29) is 5.92 Å². The van der Waals surface area contributed by atoms with Crippen LogP contribution in [-0.2, 0) is 4.79 Å². The number of amides is 1. The predicted molar refractivity (Wildman–Crippen MR) is 72.0 cm³/mol. The van der Waals surface area contributed by atoms with E-state index in [0.717, 1.165) is 25.3 Å². The molecule has 1 aliphatic heterocycles. The van der Waals surface area contributed by atoms with Crippen LogP contribution in [-0.4, -0.2) is 29.9 Å². The Kier molecular flexibility index (Phi) is 3.60. The van der Waals surface area contributed by atoms with E-state index in [2.05, 4.69) is 4.90 Å². The lowest BCUT2D eigenvalue weighted by Crippen LogP contribution is -2.44. The topological polar surface area (TPSA) is 46.3 Å². The van der Waals surface area contributed by atoms with Gasteiger partial charge in [-0.05, 0) is 50.5 Å². The molecule has 2 aliphatic carbocycles. The molecule has 1 heterocycles. The van der Waals surface area contributed by atoms with E-state index in [9.17, 15) is 4.79 Å². The van der Waals surface area contributed by atoms with Crippen molar-refractivity contribution < 1.29 is 4.79 Å². The average molecular weight is 250 g/mol. The molecule has 3 nitrogen and oxygen atoms in total. The minimum Gasteiger partial charge on any atom is -0.339 e. The Hall–Kier alpha value is -0.570. The van der Waals surface area contributed by atoms with Gasteiger partial charge in [-0.15, -0.1) is 0 Å². The number of carbonyl (C=O) groups is 1. The first-order valence-corrected chi connectivity index (χ1v) is 7.82. The number of carbonyl (C=O) groups excluding carboxylic acids is 1. The molecule has 102 valence electrons. The molecule has 1 amide bonds. The fourth-order valence-corrected chi connectivity index (χ4v) is 4.54. The van der Waals surface area contributed by atoms with Gasteiger partial charge in [0.1, 0.15) is 0 Å². The molecule has 2 N–H and O–H groups in total. The molecule has 0 bridgehead atoms. The van der Waals surface area contributed by atoms with Crippen LogP contribution in [0, 0.1) is 17.8 Å². The summed E-state index contributed by atoms with van der Waals surface area (Å²) in [7, 11) is 0. The second kappa shape index (κ2) is 5.20. The van der Waals surface area contributed by atoms with Crippen molar-refractivity contribution in [2.45, 2.75) is 57.4 Å². The first-order valence-electron chi connectivity index (χ1n) is 7.82. The van der Waals surface area contributed by atoms with Crippen LogP contribution in [0.25, 0.3) is 0 Å². The number of rotatable bonds is 2. The van der Waals surface area contributed by atoms with Crippen molar-refractivity contribution in [3.05, 3.63) is 0 Å². The number of hydrogen-bond donors (Lipinski definition) is 1. The molecule has 0 aromatic heterocycles. The third kappa shape index (κ3) is 2.07. The molecule has 4 unspecified atom stereocenters. The van der Waals surface area contributed by atoms with Crippen LogP contribution in [0.2, 0.25) is 0 Å².